The zero-order valence-corrected chi connectivity index (χ0v) is 6.90. The number of benzene rings is 1. The van der Waals surface area contributed by atoms with E-state index >= 15 is 0 Å². The van der Waals surface area contributed by atoms with Crippen molar-refractivity contribution in [3.8, 4) is 0 Å². The van der Waals surface area contributed by atoms with E-state index in [1.54, 1.807) is 30.3 Å². The first-order chi connectivity index (χ1) is 6.24. The van der Waals surface area contributed by atoms with Gasteiger partial charge >= 0.3 is 5.97 Å². The topological polar surface area (TPSA) is 43.4 Å². The van der Waals surface area contributed by atoms with Gasteiger partial charge in [0.25, 0.3) is 0 Å². The standard InChI is InChI=1S/C10H8O3/c1-8(7-11)13-10(12)9-5-3-2-4-6-9/h2-7H,1H2. The molecule has 0 fully saturated rings. The van der Waals surface area contributed by atoms with Gasteiger partial charge in [-0.2, -0.15) is 0 Å². The van der Waals surface area contributed by atoms with Crippen LogP contribution in [0.2, 0.25) is 0 Å². The molecule has 0 N–H and O–H groups in total. The number of carbonyl (C=O) groups is 2. The minimum atomic E-state index is -0.572. The first-order valence-electron chi connectivity index (χ1n) is 3.65. The molecule has 1 rings (SSSR count). The highest BCUT2D eigenvalue weighted by molar-refractivity contribution is 5.92. The number of rotatable bonds is 3. The van der Waals surface area contributed by atoms with Gasteiger partial charge in [0.1, 0.15) is 0 Å². The Hall–Kier alpha value is -1.90. The molecule has 0 aromatic heterocycles. The molecule has 0 unspecified atom stereocenters. The molecule has 0 bridgehead atoms. The minimum absolute atomic E-state index is 0.186. The van der Waals surface area contributed by atoms with E-state index in [9.17, 15) is 9.59 Å². The molecule has 0 saturated carbocycles. The zero-order valence-electron chi connectivity index (χ0n) is 6.90. The van der Waals surface area contributed by atoms with Crippen molar-refractivity contribution >= 4 is 12.3 Å². The van der Waals surface area contributed by atoms with Gasteiger partial charge < -0.3 is 4.74 Å². The zero-order chi connectivity index (χ0) is 9.68. The van der Waals surface area contributed by atoms with Crippen LogP contribution in [0.5, 0.6) is 0 Å². The van der Waals surface area contributed by atoms with E-state index in [2.05, 4.69) is 11.3 Å². The fraction of sp³-hybridized carbons (Fsp3) is 0. The molecule has 0 spiro atoms. The van der Waals surface area contributed by atoms with Gasteiger partial charge in [-0.15, -0.1) is 0 Å². The van der Waals surface area contributed by atoms with Crippen LogP contribution in [0.1, 0.15) is 10.4 Å². The van der Waals surface area contributed by atoms with Gasteiger partial charge in [-0.25, -0.2) is 4.79 Å². The molecule has 0 aliphatic carbocycles. The summed E-state index contributed by atoms with van der Waals surface area (Å²) >= 11 is 0. The van der Waals surface area contributed by atoms with Gasteiger partial charge in [0.2, 0.25) is 0 Å². The van der Waals surface area contributed by atoms with Crippen molar-refractivity contribution in [2.45, 2.75) is 0 Å². The van der Waals surface area contributed by atoms with Crippen molar-refractivity contribution in [3.63, 3.8) is 0 Å². The molecule has 0 heterocycles. The van der Waals surface area contributed by atoms with Gasteiger partial charge in [0, 0.05) is 0 Å². The van der Waals surface area contributed by atoms with Crippen molar-refractivity contribution in [2.75, 3.05) is 0 Å². The number of carbonyl (C=O) groups excluding carboxylic acids is 2. The third-order valence-electron chi connectivity index (χ3n) is 1.36. The first-order valence-corrected chi connectivity index (χ1v) is 3.65. The second-order valence-corrected chi connectivity index (χ2v) is 2.34. The Morgan fingerprint density at radius 1 is 1.31 bits per heavy atom. The highest BCUT2D eigenvalue weighted by Gasteiger charge is 2.06. The lowest BCUT2D eigenvalue weighted by Crippen LogP contribution is -2.04. The molecular weight excluding hydrogens is 168 g/mol. The van der Waals surface area contributed by atoms with Gasteiger partial charge in [-0.05, 0) is 12.1 Å². The van der Waals surface area contributed by atoms with E-state index in [-0.39, 0.29) is 5.76 Å². The molecular formula is C10H8O3. The Kier molecular flexibility index (Phi) is 2.97. The van der Waals surface area contributed by atoms with E-state index in [0.717, 1.165) is 0 Å². The molecule has 0 amide bonds. The second-order valence-electron chi connectivity index (χ2n) is 2.34. The summed E-state index contributed by atoms with van der Waals surface area (Å²) in [5, 5.41) is 0. The van der Waals surface area contributed by atoms with Crippen LogP contribution in [-0.4, -0.2) is 12.3 Å². The number of allylic oxidation sites excluding steroid dienone is 1. The van der Waals surface area contributed by atoms with E-state index in [1.165, 1.54) is 0 Å². The van der Waals surface area contributed by atoms with E-state index in [0.29, 0.717) is 11.8 Å². The SMILES string of the molecule is C=C(C=O)OC(=O)c1ccccc1. The summed E-state index contributed by atoms with van der Waals surface area (Å²) in [6.07, 6.45) is 0.390. The van der Waals surface area contributed by atoms with Crippen LogP contribution in [-0.2, 0) is 9.53 Å². The van der Waals surface area contributed by atoms with Crippen LogP contribution in [0, 0.1) is 0 Å². The molecule has 0 aliphatic heterocycles. The lowest BCUT2D eigenvalue weighted by atomic mass is 10.2. The van der Waals surface area contributed by atoms with Gasteiger partial charge in [0.05, 0.1) is 5.56 Å². The van der Waals surface area contributed by atoms with Crippen molar-refractivity contribution in [1.82, 2.24) is 0 Å². The van der Waals surface area contributed by atoms with Crippen LogP contribution in [0.15, 0.2) is 42.7 Å². The van der Waals surface area contributed by atoms with Crippen LogP contribution in [0.25, 0.3) is 0 Å². The summed E-state index contributed by atoms with van der Waals surface area (Å²) in [5.41, 5.74) is 0.394. The lowest BCUT2D eigenvalue weighted by molar-refractivity contribution is -0.107. The summed E-state index contributed by atoms with van der Waals surface area (Å²) in [5.74, 6) is -0.758. The van der Waals surface area contributed by atoms with E-state index < -0.39 is 5.97 Å². The van der Waals surface area contributed by atoms with Crippen LogP contribution in [0.4, 0.5) is 0 Å². The average molecular weight is 176 g/mol. The molecule has 13 heavy (non-hydrogen) atoms. The monoisotopic (exact) mass is 176 g/mol. The van der Waals surface area contributed by atoms with E-state index in [4.69, 9.17) is 0 Å². The molecule has 66 valence electrons. The normalized spacial score (nSPS) is 8.92. The molecule has 0 aliphatic rings. The number of ether oxygens (including phenoxy) is 1. The third-order valence-corrected chi connectivity index (χ3v) is 1.36. The molecule has 3 heteroatoms. The summed E-state index contributed by atoms with van der Waals surface area (Å²) in [7, 11) is 0. The fourth-order valence-electron chi connectivity index (χ4n) is 0.776. The summed E-state index contributed by atoms with van der Waals surface area (Å²) < 4.78 is 4.58. The summed E-state index contributed by atoms with van der Waals surface area (Å²) in [4.78, 5) is 21.3. The van der Waals surface area contributed by atoms with Crippen molar-refractivity contribution < 1.29 is 14.3 Å². The highest BCUT2D eigenvalue weighted by atomic mass is 16.5. The highest BCUT2D eigenvalue weighted by Crippen LogP contribution is 2.03. The third kappa shape index (κ3) is 2.56. The van der Waals surface area contributed by atoms with Crippen LogP contribution >= 0.6 is 0 Å². The Morgan fingerprint density at radius 2 is 1.92 bits per heavy atom. The van der Waals surface area contributed by atoms with Crippen molar-refractivity contribution in [1.29, 1.82) is 0 Å². The molecule has 3 nitrogen and oxygen atoms in total. The molecule has 1 aromatic carbocycles. The number of hydrogen-bond acceptors (Lipinski definition) is 3. The largest absolute Gasteiger partial charge is 0.420 e. The predicted octanol–water partition coefficient (Wildman–Crippen LogP) is 1.56. The first kappa shape index (κ1) is 9.19. The maximum atomic E-state index is 11.2. The van der Waals surface area contributed by atoms with Crippen molar-refractivity contribution in [3.05, 3.63) is 48.2 Å². The van der Waals surface area contributed by atoms with Crippen molar-refractivity contribution in [2.24, 2.45) is 0 Å². The molecule has 0 saturated heterocycles. The smallest absolute Gasteiger partial charge is 0.343 e. The Labute approximate surface area is 75.6 Å². The summed E-state index contributed by atoms with van der Waals surface area (Å²) in [6, 6.07) is 8.40. The average Bonchev–Trinajstić information content (AvgIpc) is 2.19. The van der Waals surface area contributed by atoms with Gasteiger partial charge in [-0.3, -0.25) is 4.79 Å². The molecule has 0 atom stereocenters. The number of hydrogen-bond donors (Lipinski definition) is 0. The number of aldehydes is 1. The maximum Gasteiger partial charge on any atom is 0.343 e. The Morgan fingerprint density at radius 3 is 2.46 bits per heavy atom. The fourth-order valence-corrected chi connectivity index (χ4v) is 0.776. The minimum Gasteiger partial charge on any atom is -0.420 e. The maximum absolute atomic E-state index is 11.2. The molecule has 1 aromatic rings. The van der Waals surface area contributed by atoms with E-state index in [1.807, 2.05) is 0 Å². The lowest BCUT2D eigenvalue weighted by Gasteiger charge is -2.00. The predicted molar refractivity (Wildman–Crippen MR) is 47.1 cm³/mol. The van der Waals surface area contributed by atoms with Gasteiger partial charge in [0.15, 0.2) is 12.0 Å². The quantitative estimate of drug-likeness (QED) is 0.304. The van der Waals surface area contributed by atoms with Crippen LogP contribution in [0.3, 0.4) is 0 Å². The molecule has 0 radical (unpaired) electrons. The van der Waals surface area contributed by atoms with Gasteiger partial charge in [-0.1, -0.05) is 24.8 Å². The second kappa shape index (κ2) is 4.21. The summed E-state index contributed by atoms with van der Waals surface area (Å²) in [6.45, 7) is 3.23. The number of esters is 1. The Bertz CT molecular complexity index is 327. The van der Waals surface area contributed by atoms with Crippen LogP contribution < -0.4 is 0 Å². The Balaban J connectivity index is 2.70.